The Labute approximate surface area is 165 Å². The smallest absolute Gasteiger partial charge is 0.280 e. The van der Waals surface area contributed by atoms with E-state index in [4.69, 9.17) is 4.74 Å². The quantitative estimate of drug-likeness (QED) is 0.608. The Morgan fingerprint density at radius 3 is 2.86 bits per heavy atom. The maximum absolute atomic E-state index is 14.3. The highest BCUT2D eigenvalue weighted by Crippen LogP contribution is 2.44. The van der Waals surface area contributed by atoms with Gasteiger partial charge in [-0.1, -0.05) is 0 Å². The fourth-order valence-electron chi connectivity index (χ4n) is 3.44. The van der Waals surface area contributed by atoms with Gasteiger partial charge in [0, 0.05) is 18.8 Å². The Morgan fingerprint density at radius 1 is 1.31 bits per heavy atom. The Kier molecular flexibility index (Phi) is 4.70. The molecule has 152 valence electrons. The molecule has 0 spiro atoms. The Balaban J connectivity index is 1.68. The summed E-state index contributed by atoms with van der Waals surface area (Å²) >= 11 is 0. The van der Waals surface area contributed by atoms with E-state index in [1.807, 2.05) is 0 Å². The lowest BCUT2D eigenvalue weighted by Gasteiger charge is -2.29. The Hall–Kier alpha value is -3.07. The number of halogens is 3. The average molecular weight is 403 g/mol. The van der Waals surface area contributed by atoms with Crippen LogP contribution in [-0.2, 0) is 19.5 Å². The van der Waals surface area contributed by atoms with Crippen molar-refractivity contribution in [2.45, 2.75) is 25.8 Å². The van der Waals surface area contributed by atoms with Crippen LogP contribution in [0.15, 0.2) is 36.7 Å². The van der Waals surface area contributed by atoms with Crippen LogP contribution in [0.1, 0.15) is 23.2 Å². The number of aromatic nitrogens is 3. The topological polar surface area (TPSA) is 66.2 Å². The molecule has 4 rings (SSSR count). The van der Waals surface area contributed by atoms with Crippen LogP contribution in [0, 0.1) is 17.9 Å². The average Bonchev–Trinajstić information content (AvgIpc) is 3.01. The number of aryl methyl sites for hydroxylation is 2. The molecule has 29 heavy (non-hydrogen) atoms. The number of hydroxylamine groups is 1. The lowest BCUT2D eigenvalue weighted by molar-refractivity contribution is -0.0404. The Bertz CT molecular complexity index is 1070. The van der Waals surface area contributed by atoms with Gasteiger partial charge in [0.15, 0.2) is 5.82 Å². The van der Waals surface area contributed by atoms with Crippen molar-refractivity contribution in [3.05, 3.63) is 64.5 Å². The first-order chi connectivity index (χ1) is 13.8. The first-order valence-electron chi connectivity index (χ1n) is 8.99. The minimum absolute atomic E-state index is 0.0282. The minimum atomic E-state index is -2.97. The highest BCUT2D eigenvalue weighted by atomic mass is 19.3. The standard InChI is InChI=1S/C20H18F3N4O2/c1-12-7-19-15(20(22,23)4-6-29-19)9-14(12)18-8-13(25-26(18)2)11-27(28)17-3-5-24-10-16(17)21/h3,5,7-10H,4,6,11H2,1-2H3/q-1. The number of fused-ring (bicyclic) bond motifs is 1. The van der Waals surface area contributed by atoms with Crippen molar-refractivity contribution in [1.29, 1.82) is 0 Å². The third-order valence-electron chi connectivity index (χ3n) is 4.93. The van der Waals surface area contributed by atoms with Gasteiger partial charge in [-0.15, -0.1) is 0 Å². The van der Waals surface area contributed by atoms with Crippen LogP contribution in [0.2, 0.25) is 0 Å². The van der Waals surface area contributed by atoms with Gasteiger partial charge in [-0.3, -0.25) is 9.67 Å². The molecule has 0 atom stereocenters. The van der Waals surface area contributed by atoms with Gasteiger partial charge in [0.2, 0.25) is 0 Å². The molecule has 9 heteroatoms. The number of benzene rings is 1. The van der Waals surface area contributed by atoms with Gasteiger partial charge < -0.3 is 15.0 Å². The minimum Gasteiger partial charge on any atom is -0.758 e. The van der Waals surface area contributed by atoms with Gasteiger partial charge in [-0.25, -0.2) is 13.2 Å². The lowest BCUT2D eigenvalue weighted by atomic mass is 9.95. The van der Waals surface area contributed by atoms with Crippen molar-refractivity contribution in [1.82, 2.24) is 14.8 Å². The molecule has 0 radical (unpaired) electrons. The van der Waals surface area contributed by atoms with E-state index >= 15 is 0 Å². The molecule has 2 aromatic heterocycles. The molecule has 0 amide bonds. The normalized spacial score (nSPS) is 15.0. The highest BCUT2D eigenvalue weighted by Gasteiger charge is 2.38. The zero-order valence-electron chi connectivity index (χ0n) is 15.8. The van der Waals surface area contributed by atoms with Crippen molar-refractivity contribution in [3.63, 3.8) is 0 Å². The monoisotopic (exact) mass is 403 g/mol. The largest absolute Gasteiger partial charge is 0.758 e. The number of hydrogen-bond donors (Lipinski definition) is 0. The summed E-state index contributed by atoms with van der Waals surface area (Å²) in [7, 11) is 1.66. The summed E-state index contributed by atoms with van der Waals surface area (Å²) in [6.07, 6.45) is 1.91. The molecular formula is C20H18F3N4O2-. The summed E-state index contributed by atoms with van der Waals surface area (Å²) in [5.74, 6) is -3.52. The molecule has 0 N–H and O–H groups in total. The molecule has 3 aromatic rings. The summed E-state index contributed by atoms with van der Waals surface area (Å²) in [6.45, 7) is 1.57. The van der Waals surface area contributed by atoms with Crippen molar-refractivity contribution in [3.8, 4) is 17.0 Å². The van der Waals surface area contributed by atoms with Crippen LogP contribution in [-0.4, -0.2) is 21.4 Å². The predicted octanol–water partition coefficient (Wildman–Crippen LogP) is 4.31. The molecule has 0 saturated heterocycles. The van der Waals surface area contributed by atoms with Crippen LogP contribution in [0.3, 0.4) is 0 Å². The molecule has 0 unspecified atom stereocenters. The number of anilines is 1. The zero-order chi connectivity index (χ0) is 20.8. The van der Waals surface area contributed by atoms with Crippen molar-refractivity contribution < 1.29 is 17.9 Å². The van der Waals surface area contributed by atoms with Gasteiger partial charge in [0.1, 0.15) is 5.75 Å². The second-order valence-corrected chi connectivity index (χ2v) is 6.97. The first kappa shape index (κ1) is 19.3. The lowest BCUT2D eigenvalue weighted by Crippen LogP contribution is -2.24. The summed E-state index contributed by atoms with van der Waals surface area (Å²) in [6, 6.07) is 5.93. The van der Waals surface area contributed by atoms with Gasteiger partial charge in [-0.05, 0) is 36.8 Å². The number of ether oxygens (including phenoxy) is 1. The summed E-state index contributed by atoms with van der Waals surface area (Å²) in [4.78, 5) is 3.62. The van der Waals surface area contributed by atoms with E-state index in [0.717, 1.165) is 11.8 Å². The van der Waals surface area contributed by atoms with E-state index in [-0.39, 0.29) is 36.6 Å². The van der Waals surface area contributed by atoms with Gasteiger partial charge in [0.25, 0.3) is 5.92 Å². The summed E-state index contributed by atoms with van der Waals surface area (Å²) in [5, 5.41) is 17.1. The van der Waals surface area contributed by atoms with Gasteiger partial charge in [-0.2, -0.15) is 5.10 Å². The van der Waals surface area contributed by atoms with E-state index in [9.17, 15) is 18.4 Å². The molecule has 0 fully saturated rings. The fraction of sp³-hybridized carbons (Fsp3) is 0.300. The van der Waals surface area contributed by atoms with Gasteiger partial charge >= 0.3 is 0 Å². The number of rotatable bonds is 4. The number of hydrogen-bond acceptors (Lipinski definition) is 5. The van der Waals surface area contributed by atoms with Crippen LogP contribution in [0.25, 0.3) is 11.3 Å². The van der Waals surface area contributed by atoms with E-state index < -0.39 is 11.7 Å². The second kappa shape index (κ2) is 7.07. The SMILES string of the molecule is Cc1cc2c(cc1-c1cc(CN([O-])c3ccncc3F)nn1C)C(F)(F)CCO2. The molecule has 1 aliphatic rings. The highest BCUT2D eigenvalue weighted by molar-refractivity contribution is 5.68. The van der Waals surface area contributed by atoms with Crippen molar-refractivity contribution in [2.24, 2.45) is 7.05 Å². The zero-order valence-corrected chi connectivity index (χ0v) is 15.8. The number of nitrogens with zero attached hydrogens (tertiary/aromatic N) is 4. The van der Waals surface area contributed by atoms with Gasteiger partial charge in [0.05, 0.1) is 48.4 Å². The fourth-order valence-corrected chi connectivity index (χ4v) is 3.44. The molecule has 1 aromatic carbocycles. The van der Waals surface area contributed by atoms with Crippen molar-refractivity contribution >= 4 is 5.69 Å². The number of pyridine rings is 1. The molecule has 3 heterocycles. The van der Waals surface area contributed by atoms with E-state index in [1.54, 1.807) is 26.1 Å². The Morgan fingerprint density at radius 2 is 2.10 bits per heavy atom. The molecule has 0 saturated carbocycles. The summed E-state index contributed by atoms with van der Waals surface area (Å²) < 4.78 is 49.3. The van der Waals surface area contributed by atoms with E-state index in [1.165, 1.54) is 23.0 Å². The van der Waals surface area contributed by atoms with E-state index in [0.29, 0.717) is 22.0 Å². The second-order valence-electron chi connectivity index (χ2n) is 6.97. The third-order valence-corrected chi connectivity index (χ3v) is 4.93. The molecule has 0 bridgehead atoms. The molecule has 6 nitrogen and oxygen atoms in total. The molecule has 0 aliphatic carbocycles. The maximum Gasteiger partial charge on any atom is 0.280 e. The van der Waals surface area contributed by atoms with Crippen LogP contribution < -0.4 is 9.80 Å². The van der Waals surface area contributed by atoms with Crippen LogP contribution >= 0.6 is 0 Å². The number of alkyl halides is 2. The van der Waals surface area contributed by atoms with E-state index in [2.05, 4.69) is 10.1 Å². The first-order valence-corrected chi connectivity index (χ1v) is 8.99. The third kappa shape index (κ3) is 3.53. The molecular weight excluding hydrogens is 385 g/mol. The molecule has 1 aliphatic heterocycles. The maximum atomic E-state index is 14.3. The summed E-state index contributed by atoms with van der Waals surface area (Å²) in [5.41, 5.74) is 1.97. The van der Waals surface area contributed by atoms with Crippen LogP contribution in [0.5, 0.6) is 5.75 Å². The van der Waals surface area contributed by atoms with Crippen molar-refractivity contribution in [2.75, 3.05) is 11.7 Å². The predicted molar refractivity (Wildman–Crippen MR) is 101 cm³/mol. The van der Waals surface area contributed by atoms with Crippen LogP contribution in [0.4, 0.5) is 18.9 Å².